The highest BCUT2D eigenvalue weighted by Crippen LogP contribution is 2.38. The number of hydrogen-bond donors (Lipinski definition) is 4. The van der Waals surface area contributed by atoms with Crippen LogP contribution in [0.15, 0.2) is 30.1 Å². The summed E-state index contributed by atoms with van der Waals surface area (Å²) >= 11 is 0. The van der Waals surface area contributed by atoms with Crippen molar-refractivity contribution in [1.82, 2.24) is 9.97 Å². The Morgan fingerprint density at radius 1 is 1.31 bits per heavy atom. The van der Waals surface area contributed by atoms with Gasteiger partial charge < -0.3 is 32.2 Å². The second-order valence-electron chi connectivity index (χ2n) is 7.63. The first-order valence-corrected chi connectivity index (χ1v) is 9.87. The molecule has 0 bridgehead atoms. The van der Waals surface area contributed by atoms with E-state index in [0.717, 1.165) is 48.1 Å². The van der Waals surface area contributed by atoms with E-state index in [2.05, 4.69) is 16.8 Å². The number of ether oxygens (including phenoxy) is 1. The zero-order valence-electron chi connectivity index (χ0n) is 16.6. The fraction of sp³-hybridized carbons (Fsp3) is 0.381. The predicted molar refractivity (Wildman–Crippen MR) is 116 cm³/mol. The van der Waals surface area contributed by atoms with Gasteiger partial charge in [-0.1, -0.05) is 0 Å². The molecule has 0 radical (unpaired) electrons. The van der Waals surface area contributed by atoms with Crippen molar-refractivity contribution in [1.29, 1.82) is 5.41 Å². The normalized spacial score (nSPS) is 21.2. The van der Waals surface area contributed by atoms with Crippen LogP contribution in [0.3, 0.4) is 0 Å². The molecule has 7 N–H and O–H groups in total. The number of fused-ring (bicyclic) bond motifs is 1. The summed E-state index contributed by atoms with van der Waals surface area (Å²) in [5.74, 6) is 1.15. The first kappa shape index (κ1) is 19.2. The van der Waals surface area contributed by atoms with Crippen LogP contribution in [-0.2, 0) is 4.74 Å². The summed E-state index contributed by atoms with van der Waals surface area (Å²) in [6, 6.07) is 4.08. The first-order valence-electron chi connectivity index (χ1n) is 9.87. The maximum Gasteiger partial charge on any atom is 0.130 e. The summed E-state index contributed by atoms with van der Waals surface area (Å²) in [4.78, 5) is 11.6. The van der Waals surface area contributed by atoms with Gasteiger partial charge in [-0.2, -0.15) is 0 Å². The average Bonchev–Trinajstić information content (AvgIpc) is 3.57. The lowest BCUT2D eigenvalue weighted by atomic mass is 10.0. The van der Waals surface area contributed by atoms with Gasteiger partial charge in [0.2, 0.25) is 0 Å². The van der Waals surface area contributed by atoms with Crippen LogP contribution in [0.25, 0.3) is 22.3 Å². The molecule has 4 rings (SSSR count). The van der Waals surface area contributed by atoms with Gasteiger partial charge in [0.05, 0.1) is 30.6 Å². The Balaban J connectivity index is 1.97. The van der Waals surface area contributed by atoms with E-state index in [1.165, 1.54) is 6.08 Å². The average molecular weight is 393 g/mol. The SMILES string of the molecule is CC1COCCN1c1cc(/C(N)=C(/N)C2CC2)c2ccnc(/C(N)=C/C=N)c2n1. The van der Waals surface area contributed by atoms with Crippen molar-refractivity contribution in [3.8, 4) is 0 Å². The number of hydrogen-bond acceptors (Lipinski definition) is 8. The van der Waals surface area contributed by atoms with E-state index < -0.39 is 0 Å². The van der Waals surface area contributed by atoms with Gasteiger partial charge in [0.15, 0.2) is 0 Å². The topological polar surface area (TPSA) is 140 Å². The molecule has 152 valence electrons. The number of rotatable bonds is 5. The maximum atomic E-state index is 7.34. The molecule has 1 aliphatic heterocycles. The molecule has 0 aromatic carbocycles. The van der Waals surface area contributed by atoms with E-state index in [0.29, 0.717) is 41.7 Å². The molecule has 2 aliphatic rings. The lowest BCUT2D eigenvalue weighted by molar-refractivity contribution is 0.0985. The number of aromatic nitrogens is 2. The van der Waals surface area contributed by atoms with Crippen LogP contribution < -0.4 is 22.1 Å². The van der Waals surface area contributed by atoms with Crippen molar-refractivity contribution in [3.05, 3.63) is 41.4 Å². The Bertz CT molecular complexity index is 1010. The van der Waals surface area contributed by atoms with E-state index in [9.17, 15) is 0 Å². The van der Waals surface area contributed by atoms with Crippen molar-refractivity contribution in [2.24, 2.45) is 23.1 Å². The van der Waals surface area contributed by atoms with Crippen molar-refractivity contribution in [3.63, 3.8) is 0 Å². The molecule has 3 heterocycles. The minimum atomic E-state index is 0.183. The molecular weight excluding hydrogens is 366 g/mol. The van der Waals surface area contributed by atoms with E-state index in [1.54, 1.807) is 6.20 Å². The molecule has 2 fully saturated rings. The van der Waals surface area contributed by atoms with E-state index >= 15 is 0 Å². The van der Waals surface area contributed by atoms with Crippen LogP contribution in [0, 0.1) is 11.3 Å². The highest BCUT2D eigenvalue weighted by Gasteiger charge is 2.28. The van der Waals surface area contributed by atoms with Crippen LogP contribution in [0.2, 0.25) is 0 Å². The van der Waals surface area contributed by atoms with Crippen LogP contribution in [-0.4, -0.2) is 42.0 Å². The quantitative estimate of drug-likeness (QED) is 0.568. The van der Waals surface area contributed by atoms with Crippen molar-refractivity contribution in [2.45, 2.75) is 25.8 Å². The third-order valence-electron chi connectivity index (χ3n) is 5.53. The third-order valence-corrected chi connectivity index (χ3v) is 5.53. The molecule has 2 aromatic heterocycles. The van der Waals surface area contributed by atoms with Crippen molar-refractivity contribution in [2.75, 3.05) is 24.7 Å². The summed E-state index contributed by atoms with van der Waals surface area (Å²) in [7, 11) is 0. The van der Waals surface area contributed by atoms with Crippen molar-refractivity contribution >= 4 is 34.3 Å². The second-order valence-corrected chi connectivity index (χ2v) is 7.63. The number of nitrogens with one attached hydrogen (secondary N) is 1. The third kappa shape index (κ3) is 3.63. The van der Waals surface area contributed by atoms with E-state index in [-0.39, 0.29) is 6.04 Å². The number of morpholine rings is 1. The van der Waals surface area contributed by atoms with Gasteiger partial charge in [0.1, 0.15) is 17.0 Å². The van der Waals surface area contributed by atoms with E-state index in [4.69, 9.17) is 32.3 Å². The van der Waals surface area contributed by atoms with Gasteiger partial charge in [-0.05, 0) is 38.0 Å². The highest BCUT2D eigenvalue weighted by molar-refractivity contribution is 5.99. The second kappa shape index (κ2) is 7.71. The Morgan fingerprint density at radius 3 is 2.79 bits per heavy atom. The summed E-state index contributed by atoms with van der Waals surface area (Å²) < 4.78 is 5.58. The molecule has 1 unspecified atom stereocenters. The molecule has 1 saturated carbocycles. The fourth-order valence-corrected chi connectivity index (χ4v) is 3.73. The molecule has 8 nitrogen and oxygen atoms in total. The van der Waals surface area contributed by atoms with Crippen molar-refractivity contribution < 1.29 is 4.74 Å². The monoisotopic (exact) mass is 393 g/mol. The smallest absolute Gasteiger partial charge is 0.130 e. The van der Waals surface area contributed by atoms with Crippen LogP contribution >= 0.6 is 0 Å². The van der Waals surface area contributed by atoms with Gasteiger partial charge in [-0.3, -0.25) is 4.98 Å². The molecule has 2 aromatic rings. The largest absolute Gasteiger partial charge is 0.400 e. The molecule has 1 saturated heterocycles. The van der Waals surface area contributed by atoms with Crippen LogP contribution in [0.4, 0.5) is 5.82 Å². The maximum absolute atomic E-state index is 7.34. The Labute approximate surface area is 169 Å². The number of nitrogens with two attached hydrogens (primary N) is 3. The zero-order valence-corrected chi connectivity index (χ0v) is 16.6. The van der Waals surface area contributed by atoms with Gasteiger partial charge in [-0.15, -0.1) is 0 Å². The lowest BCUT2D eigenvalue weighted by Gasteiger charge is -2.34. The molecule has 0 amide bonds. The molecule has 8 heteroatoms. The van der Waals surface area contributed by atoms with Gasteiger partial charge in [0.25, 0.3) is 0 Å². The molecule has 1 atom stereocenters. The summed E-state index contributed by atoms with van der Waals surface area (Å²) in [6.45, 7) is 4.13. The van der Waals surface area contributed by atoms with Crippen LogP contribution in [0.1, 0.15) is 31.0 Å². The Morgan fingerprint density at radius 2 is 2.10 bits per heavy atom. The zero-order chi connectivity index (χ0) is 20.5. The summed E-state index contributed by atoms with van der Waals surface area (Å²) in [6.07, 6.45) is 6.48. The molecular formula is C21H27N7O. The molecule has 0 spiro atoms. The molecule has 29 heavy (non-hydrogen) atoms. The summed E-state index contributed by atoms with van der Waals surface area (Å²) in [5.41, 5.74) is 22.8. The predicted octanol–water partition coefficient (Wildman–Crippen LogP) is 1.80. The van der Waals surface area contributed by atoms with Gasteiger partial charge in [-0.25, -0.2) is 4.98 Å². The lowest BCUT2D eigenvalue weighted by Crippen LogP contribution is -2.44. The standard InChI is InChI=1S/C21H27N7O/c1-12-11-29-9-8-28(12)17-10-15(19(25)18(24)13-2-3-13)14-5-7-26-21(20(14)27-17)16(23)4-6-22/h4-7,10,12-13,22H,2-3,8-9,11,23-25H2,1H3/b16-4-,19-18-,22-6?. The number of allylic oxidation sites excluding steroid dienone is 2. The van der Waals surface area contributed by atoms with E-state index in [1.807, 2.05) is 12.1 Å². The Hall–Kier alpha value is -3.13. The molecule has 1 aliphatic carbocycles. The highest BCUT2D eigenvalue weighted by atomic mass is 16.5. The number of anilines is 1. The Kier molecular flexibility index (Phi) is 5.10. The number of pyridine rings is 2. The fourth-order valence-electron chi connectivity index (χ4n) is 3.73. The van der Waals surface area contributed by atoms with Crippen LogP contribution in [0.5, 0.6) is 0 Å². The van der Waals surface area contributed by atoms with Gasteiger partial charge in [0, 0.05) is 41.5 Å². The summed E-state index contributed by atoms with van der Waals surface area (Å²) in [5, 5.41) is 8.19. The van der Waals surface area contributed by atoms with Gasteiger partial charge >= 0.3 is 0 Å². The first-order chi connectivity index (χ1) is 14.0. The number of nitrogens with zero attached hydrogens (tertiary/aromatic N) is 3. The minimum absolute atomic E-state index is 0.183. The minimum Gasteiger partial charge on any atom is -0.400 e.